The molecule has 0 aliphatic heterocycles. The zero-order valence-electron chi connectivity index (χ0n) is 16.4. The summed E-state index contributed by atoms with van der Waals surface area (Å²) in [5, 5.41) is 9.05. The largest absolute Gasteiger partial charge is 0.380 e. The number of rotatable bonds is 6. The van der Waals surface area contributed by atoms with Gasteiger partial charge in [-0.25, -0.2) is 8.91 Å². The zero-order chi connectivity index (χ0) is 21.3. The molecule has 0 aliphatic carbocycles. The van der Waals surface area contributed by atoms with Crippen LogP contribution in [0.5, 0.6) is 0 Å². The number of nitrogens with one attached hydrogen (secondary N) is 1. The second-order valence-electron chi connectivity index (χ2n) is 6.87. The smallest absolute Gasteiger partial charge is 0.261 e. The van der Waals surface area contributed by atoms with Crippen LogP contribution in [0.1, 0.15) is 33.8 Å². The summed E-state index contributed by atoms with van der Waals surface area (Å²) in [5.74, 6) is -0.310. The quantitative estimate of drug-likeness (QED) is 0.490. The summed E-state index contributed by atoms with van der Waals surface area (Å²) in [6, 6.07) is 9.63. The van der Waals surface area contributed by atoms with Crippen molar-refractivity contribution in [1.29, 1.82) is 0 Å². The van der Waals surface area contributed by atoms with Crippen molar-refractivity contribution < 1.29 is 13.9 Å². The number of halogens is 1. The van der Waals surface area contributed by atoms with Crippen molar-refractivity contribution in [2.24, 2.45) is 0 Å². The van der Waals surface area contributed by atoms with Crippen molar-refractivity contribution >= 4 is 28.8 Å². The first-order valence-electron chi connectivity index (χ1n) is 9.23. The minimum atomic E-state index is -0.306. The van der Waals surface area contributed by atoms with Crippen molar-refractivity contribution in [2.45, 2.75) is 19.6 Å². The molecule has 3 N–H and O–H groups in total. The van der Waals surface area contributed by atoms with Gasteiger partial charge in [0.2, 0.25) is 5.95 Å². The van der Waals surface area contributed by atoms with Crippen LogP contribution in [-0.4, -0.2) is 27.6 Å². The Morgan fingerprint density at radius 1 is 1.30 bits per heavy atom. The summed E-state index contributed by atoms with van der Waals surface area (Å²) in [6.45, 7) is 2.22. The third-order valence-electron chi connectivity index (χ3n) is 4.70. The first-order chi connectivity index (χ1) is 14.4. The maximum atomic E-state index is 13.1. The van der Waals surface area contributed by atoms with Crippen molar-refractivity contribution in [1.82, 2.24) is 19.9 Å². The van der Waals surface area contributed by atoms with E-state index in [1.807, 2.05) is 30.6 Å². The third-order valence-corrected chi connectivity index (χ3v) is 5.63. The molecule has 0 radical (unpaired) electrons. The van der Waals surface area contributed by atoms with Crippen molar-refractivity contribution in [3.05, 3.63) is 69.8 Å². The van der Waals surface area contributed by atoms with E-state index in [1.54, 1.807) is 23.8 Å². The lowest BCUT2D eigenvalue weighted by Crippen LogP contribution is -2.25. The molecular formula is C21H20FN5O2S. The van der Waals surface area contributed by atoms with Crippen molar-refractivity contribution in [3.8, 4) is 11.1 Å². The Balaban J connectivity index is 1.57. The van der Waals surface area contributed by atoms with Gasteiger partial charge in [-0.05, 0) is 47.7 Å². The molecule has 0 bridgehead atoms. The molecule has 1 amide bonds. The normalized spacial score (nSPS) is 12.2. The summed E-state index contributed by atoms with van der Waals surface area (Å²) < 4.78 is 20.0. The number of methoxy groups -OCH3 is 1. The van der Waals surface area contributed by atoms with E-state index in [0.717, 1.165) is 22.3 Å². The Bertz CT molecular complexity index is 1200. The van der Waals surface area contributed by atoms with Gasteiger partial charge in [0.05, 0.1) is 17.5 Å². The lowest BCUT2D eigenvalue weighted by molar-refractivity contribution is 0.0944. The number of thiophene rings is 1. The highest BCUT2D eigenvalue weighted by Crippen LogP contribution is 2.28. The topological polar surface area (TPSA) is 94.5 Å². The number of carbonyl (C=O) groups is 1. The average Bonchev–Trinajstić information content (AvgIpc) is 3.35. The number of fused-ring (bicyclic) bond motifs is 1. The molecule has 0 unspecified atom stereocenters. The molecule has 4 aromatic rings. The van der Waals surface area contributed by atoms with Crippen LogP contribution in [0.25, 0.3) is 16.8 Å². The number of carbonyl (C=O) groups excluding carboxylic acids is 1. The summed E-state index contributed by atoms with van der Waals surface area (Å²) in [4.78, 5) is 17.5. The van der Waals surface area contributed by atoms with E-state index in [9.17, 15) is 9.18 Å². The molecule has 0 saturated carbocycles. The molecule has 1 atom stereocenters. The van der Waals surface area contributed by atoms with Gasteiger partial charge in [0.15, 0.2) is 5.65 Å². The van der Waals surface area contributed by atoms with E-state index in [0.29, 0.717) is 17.1 Å². The Morgan fingerprint density at radius 2 is 2.07 bits per heavy atom. The third kappa shape index (κ3) is 4.03. The highest BCUT2D eigenvalue weighted by Gasteiger charge is 2.16. The second-order valence-corrected chi connectivity index (χ2v) is 7.78. The van der Waals surface area contributed by atoms with Crippen LogP contribution in [0.3, 0.4) is 0 Å². The van der Waals surface area contributed by atoms with Crippen LogP contribution in [-0.2, 0) is 11.3 Å². The van der Waals surface area contributed by atoms with Gasteiger partial charge >= 0.3 is 0 Å². The SMILES string of the molecule is COCc1cc(-c2csc(C(=O)N[C@@H](C)c3ccc(F)cc3)c2)cn2nc(N)nc12. The molecule has 0 saturated heterocycles. The summed E-state index contributed by atoms with van der Waals surface area (Å²) >= 11 is 1.35. The first-order valence-corrected chi connectivity index (χ1v) is 10.1. The van der Waals surface area contributed by atoms with E-state index >= 15 is 0 Å². The Labute approximate surface area is 176 Å². The highest BCUT2D eigenvalue weighted by molar-refractivity contribution is 7.12. The predicted molar refractivity (Wildman–Crippen MR) is 114 cm³/mol. The molecular weight excluding hydrogens is 405 g/mol. The van der Waals surface area contributed by atoms with E-state index in [4.69, 9.17) is 10.5 Å². The first kappa shape index (κ1) is 20.0. The number of amides is 1. The molecule has 3 aromatic heterocycles. The van der Waals surface area contributed by atoms with Crippen molar-refractivity contribution in [3.63, 3.8) is 0 Å². The van der Waals surface area contributed by atoms with Crippen LogP contribution < -0.4 is 11.1 Å². The number of anilines is 1. The number of benzene rings is 1. The fourth-order valence-electron chi connectivity index (χ4n) is 3.20. The van der Waals surface area contributed by atoms with Crippen LogP contribution in [0.4, 0.5) is 10.3 Å². The van der Waals surface area contributed by atoms with Gasteiger partial charge in [-0.15, -0.1) is 16.4 Å². The van der Waals surface area contributed by atoms with Crippen LogP contribution in [0.2, 0.25) is 0 Å². The molecule has 0 aliphatic rings. The lowest BCUT2D eigenvalue weighted by atomic mass is 10.1. The molecule has 4 rings (SSSR count). The number of nitrogen functional groups attached to an aromatic ring is 1. The van der Waals surface area contributed by atoms with Gasteiger partial charge in [0.25, 0.3) is 5.91 Å². The number of ether oxygens (including phenoxy) is 1. The second kappa shape index (κ2) is 8.21. The van der Waals surface area contributed by atoms with Gasteiger partial charge in [0.1, 0.15) is 5.82 Å². The summed E-state index contributed by atoms with van der Waals surface area (Å²) in [7, 11) is 1.61. The Morgan fingerprint density at radius 3 is 2.80 bits per heavy atom. The number of hydrogen-bond donors (Lipinski definition) is 2. The van der Waals surface area contributed by atoms with Gasteiger partial charge in [-0.1, -0.05) is 12.1 Å². The minimum Gasteiger partial charge on any atom is -0.380 e. The molecule has 0 fully saturated rings. The molecule has 1 aromatic carbocycles. The van der Waals surface area contributed by atoms with Crippen LogP contribution >= 0.6 is 11.3 Å². The fraction of sp³-hybridized carbons (Fsp3) is 0.190. The monoisotopic (exact) mass is 425 g/mol. The van der Waals surface area contributed by atoms with Gasteiger partial charge in [-0.2, -0.15) is 4.98 Å². The Kier molecular flexibility index (Phi) is 5.47. The number of nitrogens with two attached hydrogens (primary N) is 1. The Hall–Kier alpha value is -3.30. The molecule has 7 nitrogen and oxygen atoms in total. The number of aromatic nitrogens is 3. The van der Waals surface area contributed by atoms with Gasteiger partial charge < -0.3 is 15.8 Å². The molecule has 0 spiro atoms. The zero-order valence-corrected chi connectivity index (χ0v) is 17.2. The fourth-order valence-corrected chi connectivity index (χ4v) is 4.02. The predicted octanol–water partition coefficient (Wildman–Crippen LogP) is 3.82. The van der Waals surface area contributed by atoms with E-state index in [-0.39, 0.29) is 23.7 Å². The van der Waals surface area contributed by atoms with Crippen LogP contribution in [0, 0.1) is 5.82 Å². The van der Waals surface area contributed by atoms with E-state index in [2.05, 4.69) is 15.4 Å². The van der Waals surface area contributed by atoms with E-state index < -0.39 is 0 Å². The average molecular weight is 425 g/mol. The standard InChI is InChI=1S/C21H20FN5O2S/c1-12(13-3-5-17(22)6-4-13)24-20(28)18-8-16(11-30-18)14-7-15(10-29-2)19-25-21(23)26-27(19)9-14/h3-9,11-12H,10H2,1-2H3,(H2,23,26)(H,24,28)/t12-/m0/s1. The molecule has 154 valence electrons. The molecule has 30 heavy (non-hydrogen) atoms. The van der Waals surface area contributed by atoms with Gasteiger partial charge in [0, 0.05) is 24.4 Å². The molecule has 3 heterocycles. The van der Waals surface area contributed by atoms with E-state index in [1.165, 1.54) is 23.5 Å². The maximum absolute atomic E-state index is 13.1. The lowest BCUT2D eigenvalue weighted by Gasteiger charge is -2.13. The highest BCUT2D eigenvalue weighted by atomic mass is 32.1. The minimum absolute atomic E-state index is 0.185. The summed E-state index contributed by atoms with van der Waals surface area (Å²) in [6.07, 6.45) is 1.82. The molecule has 9 heteroatoms. The number of hydrogen-bond acceptors (Lipinski definition) is 6. The maximum Gasteiger partial charge on any atom is 0.261 e. The van der Waals surface area contributed by atoms with Gasteiger partial charge in [-0.3, -0.25) is 4.79 Å². The van der Waals surface area contributed by atoms with Crippen molar-refractivity contribution in [2.75, 3.05) is 12.8 Å². The number of pyridine rings is 1. The summed E-state index contributed by atoms with van der Waals surface area (Å²) in [5.41, 5.74) is 9.81. The van der Waals surface area contributed by atoms with Crippen LogP contribution in [0.15, 0.2) is 48.0 Å². The number of nitrogens with zero attached hydrogens (tertiary/aromatic N) is 3.